The lowest BCUT2D eigenvalue weighted by Crippen LogP contribution is -2.12. The van der Waals surface area contributed by atoms with Crippen molar-refractivity contribution in [2.75, 3.05) is 5.32 Å². The summed E-state index contributed by atoms with van der Waals surface area (Å²) in [6, 6.07) is 3.63. The summed E-state index contributed by atoms with van der Waals surface area (Å²) in [5.74, 6) is 0.00333. The van der Waals surface area contributed by atoms with Crippen molar-refractivity contribution in [3.05, 3.63) is 40.6 Å². The number of carbonyl (C=O) groups excluding carboxylic acids is 1. The fraction of sp³-hybridized carbons (Fsp3) is 0.250. The van der Waals surface area contributed by atoms with E-state index in [-0.39, 0.29) is 5.91 Å². The highest BCUT2D eigenvalue weighted by Gasteiger charge is 2.04. The number of pyridine rings is 1. The molecule has 0 aliphatic rings. The Balaban J connectivity index is 1.85. The standard InChI is InChI=1S/C12H13N3OS/c1-9-6-10(4-5-13-9)15-12(16)3-2-11-7-17-8-14-11/h4-8H,2-3H2,1H3,(H,13,15,16). The summed E-state index contributed by atoms with van der Waals surface area (Å²) in [6.07, 6.45) is 2.82. The van der Waals surface area contributed by atoms with Crippen LogP contribution in [0.3, 0.4) is 0 Å². The van der Waals surface area contributed by atoms with Crippen LogP contribution in [0.2, 0.25) is 0 Å². The van der Waals surface area contributed by atoms with E-state index in [1.165, 1.54) is 0 Å². The van der Waals surface area contributed by atoms with Crippen LogP contribution >= 0.6 is 11.3 Å². The maximum Gasteiger partial charge on any atom is 0.224 e. The summed E-state index contributed by atoms with van der Waals surface area (Å²) in [5, 5.41) is 4.80. The van der Waals surface area contributed by atoms with E-state index in [0.29, 0.717) is 12.8 Å². The molecule has 0 aromatic carbocycles. The molecular weight excluding hydrogens is 234 g/mol. The number of anilines is 1. The lowest BCUT2D eigenvalue weighted by Gasteiger charge is -2.04. The smallest absolute Gasteiger partial charge is 0.224 e. The number of aryl methyl sites for hydroxylation is 2. The SMILES string of the molecule is Cc1cc(NC(=O)CCc2cscn2)ccn1. The molecule has 0 atom stereocenters. The third kappa shape index (κ3) is 3.64. The van der Waals surface area contributed by atoms with Crippen LogP contribution in [0.25, 0.3) is 0 Å². The Morgan fingerprint density at radius 2 is 2.35 bits per heavy atom. The van der Waals surface area contributed by atoms with E-state index in [0.717, 1.165) is 17.1 Å². The first-order valence-electron chi connectivity index (χ1n) is 5.33. The van der Waals surface area contributed by atoms with Gasteiger partial charge in [0, 0.05) is 29.4 Å². The normalized spacial score (nSPS) is 10.2. The molecule has 17 heavy (non-hydrogen) atoms. The molecule has 88 valence electrons. The molecule has 0 saturated carbocycles. The summed E-state index contributed by atoms with van der Waals surface area (Å²) in [6.45, 7) is 1.89. The van der Waals surface area contributed by atoms with Gasteiger partial charge in [-0.2, -0.15) is 0 Å². The highest BCUT2D eigenvalue weighted by molar-refractivity contribution is 7.07. The van der Waals surface area contributed by atoms with Crippen LogP contribution in [0.5, 0.6) is 0 Å². The van der Waals surface area contributed by atoms with E-state index >= 15 is 0 Å². The second-order valence-corrected chi connectivity index (χ2v) is 4.43. The van der Waals surface area contributed by atoms with Gasteiger partial charge in [-0.15, -0.1) is 11.3 Å². The Labute approximate surface area is 104 Å². The molecule has 0 saturated heterocycles. The second kappa shape index (κ2) is 5.54. The fourth-order valence-corrected chi connectivity index (χ4v) is 2.04. The summed E-state index contributed by atoms with van der Waals surface area (Å²) in [7, 11) is 0. The van der Waals surface area contributed by atoms with Gasteiger partial charge in [-0.05, 0) is 25.5 Å². The Bertz CT molecular complexity index is 496. The number of nitrogens with one attached hydrogen (secondary N) is 1. The van der Waals surface area contributed by atoms with Crippen LogP contribution in [0.4, 0.5) is 5.69 Å². The first-order valence-corrected chi connectivity index (χ1v) is 6.28. The molecule has 1 amide bonds. The maximum absolute atomic E-state index is 11.7. The van der Waals surface area contributed by atoms with Gasteiger partial charge in [0.25, 0.3) is 0 Å². The molecular formula is C12H13N3OS. The maximum atomic E-state index is 11.7. The van der Waals surface area contributed by atoms with E-state index < -0.39 is 0 Å². The van der Waals surface area contributed by atoms with Crippen molar-refractivity contribution in [3.63, 3.8) is 0 Å². The topological polar surface area (TPSA) is 54.9 Å². The van der Waals surface area contributed by atoms with Gasteiger partial charge in [0.1, 0.15) is 0 Å². The molecule has 2 aromatic heterocycles. The van der Waals surface area contributed by atoms with Crippen LogP contribution in [0.15, 0.2) is 29.2 Å². The molecule has 5 heteroatoms. The fourth-order valence-electron chi connectivity index (χ4n) is 1.45. The third-order valence-corrected chi connectivity index (χ3v) is 2.91. The van der Waals surface area contributed by atoms with E-state index in [1.807, 2.05) is 18.4 Å². The van der Waals surface area contributed by atoms with Crippen molar-refractivity contribution < 1.29 is 4.79 Å². The summed E-state index contributed by atoms with van der Waals surface area (Å²) in [4.78, 5) is 19.9. The average molecular weight is 247 g/mol. The first kappa shape index (κ1) is 11.7. The van der Waals surface area contributed by atoms with Gasteiger partial charge in [-0.25, -0.2) is 4.98 Å². The Hall–Kier alpha value is -1.75. The largest absolute Gasteiger partial charge is 0.326 e. The molecule has 0 spiro atoms. The van der Waals surface area contributed by atoms with Crippen LogP contribution < -0.4 is 5.32 Å². The van der Waals surface area contributed by atoms with Crippen molar-refractivity contribution >= 4 is 22.9 Å². The quantitative estimate of drug-likeness (QED) is 0.902. The molecule has 4 nitrogen and oxygen atoms in total. The zero-order valence-electron chi connectivity index (χ0n) is 9.51. The monoisotopic (exact) mass is 247 g/mol. The van der Waals surface area contributed by atoms with Gasteiger partial charge < -0.3 is 5.32 Å². The zero-order valence-corrected chi connectivity index (χ0v) is 10.3. The van der Waals surface area contributed by atoms with E-state index in [4.69, 9.17) is 0 Å². The second-order valence-electron chi connectivity index (χ2n) is 3.71. The number of thiazole rings is 1. The minimum atomic E-state index is 0.00333. The zero-order chi connectivity index (χ0) is 12.1. The van der Waals surface area contributed by atoms with Crippen molar-refractivity contribution in [1.82, 2.24) is 9.97 Å². The number of rotatable bonds is 4. The predicted octanol–water partition coefficient (Wildman–Crippen LogP) is 2.42. The number of carbonyl (C=O) groups is 1. The van der Waals surface area contributed by atoms with Gasteiger partial charge in [-0.3, -0.25) is 9.78 Å². The average Bonchev–Trinajstić information content (AvgIpc) is 2.79. The number of hydrogen-bond acceptors (Lipinski definition) is 4. The molecule has 1 N–H and O–H groups in total. The van der Waals surface area contributed by atoms with Crippen molar-refractivity contribution in [3.8, 4) is 0 Å². The van der Waals surface area contributed by atoms with Gasteiger partial charge >= 0.3 is 0 Å². The molecule has 0 aliphatic heterocycles. The lowest BCUT2D eigenvalue weighted by molar-refractivity contribution is -0.116. The Morgan fingerprint density at radius 3 is 3.06 bits per heavy atom. The van der Waals surface area contributed by atoms with Crippen molar-refractivity contribution in [2.24, 2.45) is 0 Å². The van der Waals surface area contributed by atoms with Crippen LogP contribution in [0.1, 0.15) is 17.8 Å². The molecule has 0 aliphatic carbocycles. The summed E-state index contributed by atoms with van der Waals surface area (Å²) < 4.78 is 0. The highest BCUT2D eigenvalue weighted by Crippen LogP contribution is 2.09. The lowest BCUT2D eigenvalue weighted by atomic mass is 10.2. The van der Waals surface area contributed by atoms with Gasteiger partial charge in [0.15, 0.2) is 0 Å². The molecule has 2 heterocycles. The van der Waals surface area contributed by atoms with Gasteiger partial charge in [0.2, 0.25) is 5.91 Å². The molecule has 0 radical (unpaired) electrons. The third-order valence-electron chi connectivity index (χ3n) is 2.27. The summed E-state index contributed by atoms with van der Waals surface area (Å²) in [5.41, 5.74) is 4.43. The van der Waals surface area contributed by atoms with E-state index in [2.05, 4.69) is 15.3 Å². The van der Waals surface area contributed by atoms with Crippen LogP contribution in [-0.2, 0) is 11.2 Å². The van der Waals surface area contributed by atoms with Crippen molar-refractivity contribution in [1.29, 1.82) is 0 Å². The highest BCUT2D eigenvalue weighted by atomic mass is 32.1. The van der Waals surface area contributed by atoms with Crippen LogP contribution in [-0.4, -0.2) is 15.9 Å². The van der Waals surface area contributed by atoms with Crippen LogP contribution in [0, 0.1) is 6.92 Å². The Kier molecular flexibility index (Phi) is 3.82. The molecule has 2 rings (SSSR count). The number of hydrogen-bond donors (Lipinski definition) is 1. The number of amides is 1. The minimum absolute atomic E-state index is 0.00333. The molecule has 0 fully saturated rings. The predicted molar refractivity (Wildman–Crippen MR) is 68.0 cm³/mol. The molecule has 0 unspecified atom stereocenters. The van der Waals surface area contributed by atoms with E-state index in [1.54, 1.807) is 29.1 Å². The van der Waals surface area contributed by atoms with Gasteiger partial charge in [-0.1, -0.05) is 0 Å². The number of aromatic nitrogens is 2. The van der Waals surface area contributed by atoms with E-state index in [9.17, 15) is 4.79 Å². The number of nitrogens with zero attached hydrogens (tertiary/aromatic N) is 2. The molecule has 0 bridgehead atoms. The molecule has 2 aromatic rings. The summed E-state index contributed by atoms with van der Waals surface area (Å²) >= 11 is 1.55. The van der Waals surface area contributed by atoms with Gasteiger partial charge in [0.05, 0.1) is 11.2 Å². The minimum Gasteiger partial charge on any atom is -0.326 e. The van der Waals surface area contributed by atoms with Crippen molar-refractivity contribution in [2.45, 2.75) is 19.8 Å². The first-order chi connectivity index (χ1) is 8.24. The Morgan fingerprint density at radius 1 is 1.47 bits per heavy atom.